The molecule has 0 spiro atoms. The van der Waals surface area contributed by atoms with Crippen molar-refractivity contribution in [1.29, 1.82) is 0 Å². The lowest BCUT2D eigenvalue weighted by molar-refractivity contribution is -0.141. The molecule has 0 fully saturated rings. The van der Waals surface area contributed by atoms with Crippen LogP contribution >= 0.6 is 0 Å². The Labute approximate surface area is 140 Å². The highest BCUT2D eigenvalue weighted by Crippen LogP contribution is 2.15. The first-order valence-corrected chi connectivity index (χ1v) is 7.73. The zero-order valence-corrected chi connectivity index (χ0v) is 13.4. The summed E-state index contributed by atoms with van der Waals surface area (Å²) in [5, 5.41) is 12.0. The van der Waals surface area contributed by atoms with Gasteiger partial charge in [-0.15, -0.1) is 0 Å². The molecule has 0 saturated carbocycles. The van der Waals surface area contributed by atoms with E-state index in [1.165, 1.54) is 6.20 Å². The van der Waals surface area contributed by atoms with Gasteiger partial charge in [0.05, 0.1) is 18.1 Å². The summed E-state index contributed by atoms with van der Waals surface area (Å²) in [5.74, 6) is -1.24. The van der Waals surface area contributed by atoms with Crippen molar-refractivity contribution in [2.24, 2.45) is 5.92 Å². The molecule has 1 amide bonds. The van der Waals surface area contributed by atoms with Gasteiger partial charge in [0.25, 0.3) is 5.91 Å². The molecule has 0 radical (unpaired) electrons. The fourth-order valence-corrected chi connectivity index (χ4v) is 2.23. The number of amides is 1. The topological polar surface area (TPSA) is 88.5 Å². The Kier molecular flexibility index (Phi) is 6.31. The summed E-state index contributed by atoms with van der Waals surface area (Å²) in [4.78, 5) is 27.3. The fourth-order valence-electron chi connectivity index (χ4n) is 2.23. The molecule has 24 heavy (non-hydrogen) atoms. The van der Waals surface area contributed by atoms with Crippen LogP contribution in [0.15, 0.2) is 48.8 Å². The quantitative estimate of drug-likeness (QED) is 0.775. The first kappa shape index (κ1) is 17.5. The van der Waals surface area contributed by atoms with Crippen LogP contribution in [0.25, 0.3) is 0 Å². The second-order valence-corrected chi connectivity index (χ2v) is 5.27. The van der Waals surface area contributed by atoms with Crippen LogP contribution in [0.2, 0.25) is 0 Å². The van der Waals surface area contributed by atoms with Crippen molar-refractivity contribution in [1.82, 2.24) is 10.3 Å². The largest absolute Gasteiger partial charge is 0.494 e. The number of hydrogen-bond acceptors (Lipinski definition) is 4. The van der Waals surface area contributed by atoms with Crippen LogP contribution in [0.5, 0.6) is 5.75 Å². The number of nitrogens with zero attached hydrogens (tertiary/aromatic N) is 1. The zero-order valence-electron chi connectivity index (χ0n) is 13.4. The minimum absolute atomic E-state index is 0.0519. The molecule has 1 unspecified atom stereocenters. The molecule has 0 aliphatic rings. The Morgan fingerprint density at radius 1 is 1.25 bits per heavy atom. The van der Waals surface area contributed by atoms with Gasteiger partial charge < -0.3 is 15.2 Å². The minimum atomic E-state index is -0.949. The average Bonchev–Trinajstić information content (AvgIpc) is 2.60. The smallest absolute Gasteiger partial charge is 0.308 e. The standard InChI is InChI=1S/C18H20N2O4/c1-2-24-16-7-5-13(6-8-16)10-15(18(22)23)12-20-17(21)14-4-3-9-19-11-14/h3-9,11,15H,2,10,12H2,1H3,(H,20,21)(H,22,23). The van der Waals surface area contributed by atoms with Crippen molar-refractivity contribution in [2.45, 2.75) is 13.3 Å². The highest BCUT2D eigenvalue weighted by molar-refractivity contribution is 5.94. The molecule has 0 aliphatic heterocycles. The number of hydrogen-bond donors (Lipinski definition) is 2. The Hall–Kier alpha value is -2.89. The summed E-state index contributed by atoms with van der Waals surface area (Å²) >= 11 is 0. The van der Waals surface area contributed by atoms with Crippen molar-refractivity contribution in [3.05, 3.63) is 59.9 Å². The van der Waals surface area contributed by atoms with E-state index in [9.17, 15) is 14.7 Å². The SMILES string of the molecule is CCOc1ccc(CC(CNC(=O)c2cccnc2)C(=O)O)cc1. The van der Waals surface area contributed by atoms with E-state index in [0.717, 1.165) is 11.3 Å². The van der Waals surface area contributed by atoms with Gasteiger partial charge in [0.2, 0.25) is 0 Å². The number of carboxylic acids is 1. The predicted octanol–water partition coefficient (Wildman–Crippen LogP) is 2.15. The molecule has 1 heterocycles. The van der Waals surface area contributed by atoms with E-state index in [0.29, 0.717) is 18.6 Å². The summed E-state index contributed by atoms with van der Waals surface area (Å²) in [6, 6.07) is 10.6. The van der Waals surface area contributed by atoms with Crippen LogP contribution in [-0.2, 0) is 11.2 Å². The third-order valence-corrected chi connectivity index (χ3v) is 3.50. The second-order valence-electron chi connectivity index (χ2n) is 5.27. The van der Waals surface area contributed by atoms with Gasteiger partial charge in [0.15, 0.2) is 0 Å². The van der Waals surface area contributed by atoms with Gasteiger partial charge in [-0.2, -0.15) is 0 Å². The van der Waals surface area contributed by atoms with Gasteiger partial charge >= 0.3 is 5.97 Å². The molecule has 1 aromatic heterocycles. The van der Waals surface area contributed by atoms with Crippen molar-refractivity contribution in [3.63, 3.8) is 0 Å². The third kappa shape index (κ3) is 5.08. The average molecular weight is 328 g/mol. The van der Waals surface area contributed by atoms with E-state index in [2.05, 4.69) is 10.3 Å². The molecule has 0 bridgehead atoms. The molecule has 1 aromatic carbocycles. The highest BCUT2D eigenvalue weighted by atomic mass is 16.5. The molecule has 6 nitrogen and oxygen atoms in total. The van der Waals surface area contributed by atoms with Crippen LogP contribution in [-0.4, -0.2) is 35.1 Å². The Bertz CT molecular complexity index is 671. The number of ether oxygens (including phenoxy) is 1. The first-order chi connectivity index (χ1) is 11.6. The normalized spacial score (nSPS) is 11.5. The van der Waals surface area contributed by atoms with E-state index in [1.807, 2.05) is 31.2 Å². The number of carbonyl (C=O) groups is 2. The van der Waals surface area contributed by atoms with Gasteiger partial charge in [-0.1, -0.05) is 12.1 Å². The van der Waals surface area contributed by atoms with Gasteiger partial charge in [0.1, 0.15) is 5.75 Å². The maximum atomic E-state index is 12.0. The number of benzene rings is 1. The van der Waals surface area contributed by atoms with Gasteiger partial charge in [-0.05, 0) is 43.2 Å². The molecule has 2 N–H and O–H groups in total. The summed E-state index contributed by atoms with van der Waals surface area (Å²) in [7, 11) is 0. The van der Waals surface area contributed by atoms with Crippen LogP contribution in [0.4, 0.5) is 0 Å². The van der Waals surface area contributed by atoms with E-state index < -0.39 is 11.9 Å². The van der Waals surface area contributed by atoms with E-state index in [4.69, 9.17) is 4.74 Å². The predicted molar refractivity (Wildman–Crippen MR) is 89.0 cm³/mol. The summed E-state index contributed by atoms with van der Waals surface area (Å²) < 4.78 is 5.36. The fraction of sp³-hybridized carbons (Fsp3) is 0.278. The van der Waals surface area contributed by atoms with Crippen molar-refractivity contribution < 1.29 is 19.4 Å². The van der Waals surface area contributed by atoms with Crippen molar-refractivity contribution in [2.75, 3.05) is 13.2 Å². The molecule has 2 rings (SSSR count). The van der Waals surface area contributed by atoms with Crippen molar-refractivity contribution >= 4 is 11.9 Å². The van der Waals surface area contributed by atoms with Crippen LogP contribution < -0.4 is 10.1 Å². The van der Waals surface area contributed by atoms with Gasteiger partial charge in [-0.25, -0.2) is 0 Å². The number of aliphatic carboxylic acids is 1. The number of nitrogens with one attached hydrogen (secondary N) is 1. The highest BCUT2D eigenvalue weighted by Gasteiger charge is 2.19. The summed E-state index contributed by atoms with van der Waals surface area (Å²) in [5.41, 5.74) is 1.28. The first-order valence-electron chi connectivity index (χ1n) is 7.73. The molecular formula is C18H20N2O4. The lowest BCUT2D eigenvalue weighted by atomic mass is 9.99. The second kappa shape index (κ2) is 8.67. The Morgan fingerprint density at radius 2 is 2.00 bits per heavy atom. The van der Waals surface area contributed by atoms with Crippen molar-refractivity contribution in [3.8, 4) is 5.75 Å². The zero-order chi connectivity index (χ0) is 17.4. The number of pyridine rings is 1. The molecule has 0 aliphatic carbocycles. The van der Waals surface area contributed by atoms with Crippen LogP contribution in [0.1, 0.15) is 22.8 Å². The van der Waals surface area contributed by atoms with E-state index >= 15 is 0 Å². The molecular weight excluding hydrogens is 308 g/mol. The number of aromatic nitrogens is 1. The molecule has 0 saturated heterocycles. The molecule has 126 valence electrons. The summed E-state index contributed by atoms with van der Waals surface area (Å²) in [6.45, 7) is 2.53. The van der Waals surface area contributed by atoms with E-state index in [-0.39, 0.29) is 12.5 Å². The summed E-state index contributed by atoms with van der Waals surface area (Å²) in [6.07, 6.45) is 3.34. The Morgan fingerprint density at radius 3 is 2.58 bits per heavy atom. The maximum Gasteiger partial charge on any atom is 0.308 e. The van der Waals surface area contributed by atoms with Crippen LogP contribution in [0, 0.1) is 5.92 Å². The third-order valence-electron chi connectivity index (χ3n) is 3.50. The van der Waals surface area contributed by atoms with Gasteiger partial charge in [0, 0.05) is 18.9 Å². The maximum absolute atomic E-state index is 12.0. The van der Waals surface area contributed by atoms with Gasteiger partial charge in [-0.3, -0.25) is 14.6 Å². The lowest BCUT2D eigenvalue weighted by Gasteiger charge is -2.14. The van der Waals surface area contributed by atoms with E-state index in [1.54, 1.807) is 18.3 Å². The van der Waals surface area contributed by atoms with Crippen LogP contribution in [0.3, 0.4) is 0 Å². The molecule has 6 heteroatoms. The monoisotopic (exact) mass is 328 g/mol. The minimum Gasteiger partial charge on any atom is -0.494 e. The number of carbonyl (C=O) groups excluding carboxylic acids is 1. The lowest BCUT2D eigenvalue weighted by Crippen LogP contribution is -2.34. The molecule has 2 aromatic rings. The number of carboxylic acid groups (broad SMARTS) is 1. The number of rotatable bonds is 8. The Balaban J connectivity index is 1.94. The molecule has 1 atom stereocenters.